The summed E-state index contributed by atoms with van der Waals surface area (Å²) in [4.78, 5) is 28.5. The number of rotatable bonds is 5. The fourth-order valence-corrected chi connectivity index (χ4v) is 2.19. The lowest BCUT2D eigenvalue weighted by atomic mass is 9.95. The van der Waals surface area contributed by atoms with Crippen molar-refractivity contribution in [3.8, 4) is 0 Å². The average molecular weight is 278 g/mol. The molecule has 0 fully saturated rings. The molecule has 0 aliphatic carbocycles. The number of esters is 1. The summed E-state index contributed by atoms with van der Waals surface area (Å²) in [6, 6.07) is 3.49. The Balaban J connectivity index is 2.99. The molecule has 1 amide bonds. The Morgan fingerprint density at radius 2 is 2.00 bits per heavy atom. The zero-order valence-corrected chi connectivity index (χ0v) is 12.7. The molecular formula is C15H22N2O3. The molecule has 5 heteroatoms. The number of aryl methyl sites for hydroxylation is 2. The van der Waals surface area contributed by atoms with E-state index in [0.29, 0.717) is 17.7 Å². The number of carbonyl (C=O) groups is 2. The first-order valence-electron chi connectivity index (χ1n) is 6.69. The summed E-state index contributed by atoms with van der Waals surface area (Å²) in [7, 11) is 1.32. The van der Waals surface area contributed by atoms with Crippen LogP contribution in [-0.4, -0.2) is 29.5 Å². The second kappa shape index (κ2) is 6.50. The van der Waals surface area contributed by atoms with Crippen LogP contribution >= 0.6 is 0 Å². The molecule has 1 atom stereocenters. The van der Waals surface area contributed by atoms with Crippen molar-refractivity contribution in [3.05, 3.63) is 29.1 Å². The summed E-state index contributed by atoms with van der Waals surface area (Å²) >= 11 is 0. The summed E-state index contributed by atoms with van der Waals surface area (Å²) in [5.74, 6) is -0.748. The number of ether oxygens (including phenoxy) is 1. The highest BCUT2D eigenvalue weighted by Gasteiger charge is 2.35. The molecule has 1 rings (SSSR count). The van der Waals surface area contributed by atoms with Gasteiger partial charge in [-0.3, -0.25) is 9.78 Å². The summed E-state index contributed by atoms with van der Waals surface area (Å²) in [6.07, 6.45) is 1.28. The molecule has 1 heterocycles. The minimum Gasteiger partial charge on any atom is -0.467 e. The molecule has 1 aromatic heterocycles. The molecule has 5 nitrogen and oxygen atoms in total. The standard InChI is InChI=1S/C15H22N2O3/c1-6-9-15(4,14(19)20-5)17-13(18)12-8-7-10(2)16-11(12)3/h7-8H,6,9H2,1-5H3,(H,17,18). The lowest BCUT2D eigenvalue weighted by Crippen LogP contribution is -2.52. The Morgan fingerprint density at radius 3 is 2.50 bits per heavy atom. The lowest BCUT2D eigenvalue weighted by molar-refractivity contribution is -0.147. The van der Waals surface area contributed by atoms with Gasteiger partial charge in [0, 0.05) is 5.69 Å². The number of hydrogen-bond donors (Lipinski definition) is 1. The van der Waals surface area contributed by atoms with Gasteiger partial charge in [0.25, 0.3) is 5.91 Å². The number of amides is 1. The summed E-state index contributed by atoms with van der Waals surface area (Å²) in [5.41, 5.74) is 0.953. The van der Waals surface area contributed by atoms with Gasteiger partial charge < -0.3 is 10.1 Å². The molecule has 1 aromatic rings. The normalized spacial score (nSPS) is 13.4. The molecule has 0 saturated heterocycles. The zero-order chi connectivity index (χ0) is 15.3. The number of hydrogen-bond acceptors (Lipinski definition) is 4. The van der Waals surface area contributed by atoms with Crippen LogP contribution in [0.2, 0.25) is 0 Å². The van der Waals surface area contributed by atoms with Crippen LogP contribution in [0.15, 0.2) is 12.1 Å². The predicted molar refractivity (Wildman–Crippen MR) is 76.5 cm³/mol. The Labute approximate surface area is 119 Å². The molecular weight excluding hydrogens is 256 g/mol. The highest BCUT2D eigenvalue weighted by molar-refractivity contribution is 5.98. The zero-order valence-electron chi connectivity index (χ0n) is 12.7. The van der Waals surface area contributed by atoms with E-state index in [-0.39, 0.29) is 5.91 Å². The SMILES string of the molecule is CCCC(C)(NC(=O)c1ccc(C)nc1C)C(=O)OC. The second-order valence-electron chi connectivity index (χ2n) is 5.11. The molecule has 0 aliphatic heterocycles. The third kappa shape index (κ3) is 3.56. The Morgan fingerprint density at radius 1 is 1.35 bits per heavy atom. The van der Waals surface area contributed by atoms with Gasteiger partial charge in [0.1, 0.15) is 5.54 Å². The maximum atomic E-state index is 12.3. The van der Waals surface area contributed by atoms with Crippen molar-refractivity contribution in [3.63, 3.8) is 0 Å². The maximum Gasteiger partial charge on any atom is 0.331 e. The molecule has 0 aromatic carbocycles. The fourth-order valence-electron chi connectivity index (χ4n) is 2.19. The minimum atomic E-state index is -1.02. The van der Waals surface area contributed by atoms with Crippen molar-refractivity contribution in [2.45, 2.75) is 46.1 Å². The third-order valence-corrected chi connectivity index (χ3v) is 3.25. The van der Waals surface area contributed by atoms with Gasteiger partial charge in [-0.15, -0.1) is 0 Å². The fraction of sp³-hybridized carbons (Fsp3) is 0.533. The predicted octanol–water partition coefficient (Wildman–Crippen LogP) is 2.16. The van der Waals surface area contributed by atoms with E-state index in [9.17, 15) is 9.59 Å². The van der Waals surface area contributed by atoms with E-state index in [1.807, 2.05) is 13.8 Å². The Bertz CT molecular complexity index is 514. The molecule has 0 aliphatic rings. The average Bonchev–Trinajstić information content (AvgIpc) is 2.37. The monoisotopic (exact) mass is 278 g/mol. The van der Waals surface area contributed by atoms with E-state index in [1.54, 1.807) is 26.0 Å². The van der Waals surface area contributed by atoms with Gasteiger partial charge in [0.05, 0.1) is 18.4 Å². The van der Waals surface area contributed by atoms with Crippen molar-refractivity contribution in [1.82, 2.24) is 10.3 Å². The van der Waals surface area contributed by atoms with Gasteiger partial charge in [-0.05, 0) is 39.3 Å². The van der Waals surface area contributed by atoms with Crippen LogP contribution in [0.25, 0.3) is 0 Å². The van der Waals surface area contributed by atoms with E-state index in [0.717, 1.165) is 12.1 Å². The first-order valence-corrected chi connectivity index (χ1v) is 6.69. The van der Waals surface area contributed by atoms with Crippen LogP contribution in [0, 0.1) is 13.8 Å². The molecule has 1 unspecified atom stereocenters. The molecule has 110 valence electrons. The van der Waals surface area contributed by atoms with Gasteiger partial charge in [-0.1, -0.05) is 13.3 Å². The Hall–Kier alpha value is -1.91. The van der Waals surface area contributed by atoms with Crippen molar-refractivity contribution < 1.29 is 14.3 Å². The molecule has 0 saturated carbocycles. The van der Waals surface area contributed by atoms with Gasteiger partial charge >= 0.3 is 5.97 Å². The third-order valence-electron chi connectivity index (χ3n) is 3.25. The van der Waals surface area contributed by atoms with Crippen molar-refractivity contribution >= 4 is 11.9 Å². The van der Waals surface area contributed by atoms with Crippen molar-refractivity contribution in [2.24, 2.45) is 0 Å². The number of nitrogens with zero attached hydrogens (tertiary/aromatic N) is 1. The van der Waals surface area contributed by atoms with Crippen molar-refractivity contribution in [2.75, 3.05) is 7.11 Å². The van der Waals surface area contributed by atoms with Gasteiger partial charge in [-0.25, -0.2) is 4.79 Å². The number of pyridine rings is 1. The minimum absolute atomic E-state index is 0.309. The van der Waals surface area contributed by atoms with Gasteiger partial charge in [0.15, 0.2) is 0 Å². The smallest absolute Gasteiger partial charge is 0.331 e. The first kappa shape index (κ1) is 16.1. The van der Waals surface area contributed by atoms with Gasteiger partial charge in [0.2, 0.25) is 0 Å². The van der Waals surface area contributed by atoms with E-state index in [4.69, 9.17) is 4.74 Å². The molecule has 1 N–H and O–H groups in total. The highest BCUT2D eigenvalue weighted by atomic mass is 16.5. The van der Waals surface area contributed by atoms with Crippen molar-refractivity contribution in [1.29, 1.82) is 0 Å². The molecule has 20 heavy (non-hydrogen) atoms. The van der Waals surface area contributed by atoms with E-state index in [1.165, 1.54) is 7.11 Å². The molecule has 0 spiro atoms. The van der Waals surface area contributed by atoms with Gasteiger partial charge in [-0.2, -0.15) is 0 Å². The highest BCUT2D eigenvalue weighted by Crippen LogP contribution is 2.16. The van der Waals surface area contributed by atoms with Crippen LogP contribution in [0.5, 0.6) is 0 Å². The molecule has 0 radical (unpaired) electrons. The first-order chi connectivity index (χ1) is 9.34. The van der Waals surface area contributed by atoms with E-state index >= 15 is 0 Å². The largest absolute Gasteiger partial charge is 0.467 e. The lowest BCUT2D eigenvalue weighted by Gasteiger charge is -2.27. The van der Waals surface area contributed by atoms with Crippen LogP contribution in [0.1, 0.15) is 48.4 Å². The van der Waals surface area contributed by atoms with E-state index < -0.39 is 11.5 Å². The topological polar surface area (TPSA) is 68.3 Å². The number of methoxy groups -OCH3 is 1. The summed E-state index contributed by atoms with van der Waals surface area (Å²) < 4.78 is 4.78. The Kier molecular flexibility index (Phi) is 5.25. The summed E-state index contributed by atoms with van der Waals surface area (Å²) in [6.45, 7) is 7.27. The maximum absolute atomic E-state index is 12.3. The van der Waals surface area contributed by atoms with Crippen LogP contribution in [-0.2, 0) is 9.53 Å². The number of nitrogens with one attached hydrogen (secondary N) is 1. The van der Waals surface area contributed by atoms with Crippen LogP contribution < -0.4 is 5.32 Å². The van der Waals surface area contributed by atoms with Crippen LogP contribution in [0.3, 0.4) is 0 Å². The second-order valence-corrected chi connectivity index (χ2v) is 5.11. The number of carbonyl (C=O) groups excluding carboxylic acids is 2. The van der Waals surface area contributed by atoms with E-state index in [2.05, 4.69) is 10.3 Å². The van der Waals surface area contributed by atoms with Crippen LogP contribution in [0.4, 0.5) is 0 Å². The summed E-state index contributed by atoms with van der Waals surface area (Å²) in [5, 5.41) is 2.77. The molecule has 0 bridgehead atoms. The quantitative estimate of drug-likeness (QED) is 0.838. The number of aromatic nitrogens is 1.